The van der Waals surface area contributed by atoms with Gasteiger partial charge in [0, 0.05) is 32.5 Å². The molecule has 0 bridgehead atoms. The number of aromatic nitrogens is 3. The molecule has 1 aliphatic heterocycles. The van der Waals surface area contributed by atoms with E-state index >= 15 is 0 Å². The third kappa shape index (κ3) is 7.03. The molecule has 1 fully saturated rings. The summed E-state index contributed by atoms with van der Waals surface area (Å²) >= 11 is 0. The number of ether oxygens (including phenoxy) is 2. The molecule has 0 aliphatic carbocycles. The topological polar surface area (TPSA) is 166 Å². The second kappa shape index (κ2) is 13.9. The van der Waals surface area contributed by atoms with Crippen LogP contribution in [0.3, 0.4) is 0 Å². The first-order valence-corrected chi connectivity index (χ1v) is 13.7. The van der Waals surface area contributed by atoms with Crippen LogP contribution in [0.2, 0.25) is 0 Å². The Bertz CT molecular complexity index is 1420. The Labute approximate surface area is 242 Å². The molecule has 3 aromatic rings. The quantitative estimate of drug-likeness (QED) is 0.240. The highest BCUT2D eigenvalue weighted by atomic mass is 16.5. The largest absolute Gasteiger partial charge is 0.465 e. The molecule has 3 heterocycles. The average Bonchev–Trinajstić information content (AvgIpc) is 3.74. The predicted octanol–water partition coefficient (Wildman–Crippen LogP) is 2.41. The molecule has 1 saturated heterocycles. The lowest BCUT2D eigenvalue weighted by Gasteiger charge is -2.27. The van der Waals surface area contributed by atoms with E-state index in [1.165, 1.54) is 6.92 Å². The molecule has 0 spiro atoms. The van der Waals surface area contributed by atoms with Gasteiger partial charge in [0.05, 0.1) is 45.1 Å². The maximum absolute atomic E-state index is 13.2. The van der Waals surface area contributed by atoms with Gasteiger partial charge in [-0.3, -0.25) is 9.48 Å². The highest BCUT2D eigenvalue weighted by Crippen LogP contribution is 2.27. The first-order chi connectivity index (χ1) is 20.2. The Morgan fingerprint density at radius 2 is 1.83 bits per heavy atom. The third-order valence-corrected chi connectivity index (χ3v) is 7.20. The Balaban J connectivity index is 1.40. The lowest BCUT2D eigenvalue weighted by Crippen LogP contribution is -2.49. The standard InChI is InChI=1S/C29H35N5O8/c1-18(36)26-25(28(38)41-3)24(27(37)40-2)23(42-26)12-11-20(17-35)30-29(39)34-13-7-10-22(34)16-33-15-21(31-32-33)14-19-8-5-4-6-9-19/h4-6,8-9,15,20,22,35H,7,10-14,16-17H2,1-3H3,(H,30,39)/t20-,22-/m0/s1. The minimum absolute atomic E-state index is 0.0247. The Hall–Kier alpha value is -4.52. The molecular formula is C29H35N5O8. The molecule has 4 rings (SSSR count). The van der Waals surface area contributed by atoms with E-state index in [1.54, 1.807) is 9.58 Å². The van der Waals surface area contributed by atoms with E-state index in [2.05, 4.69) is 15.6 Å². The number of carbonyl (C=O) groups excluding carboxylic acids is 4. The lowest BCUT2D eigenvalue weighted by molar-refractivity contribution is 0.0554. The van der Waals surface area contributed by atoms with E-state index in [4.69, 9.17) is 13.9 Å². The first kappa shape index (κ1) is 30.4. The molecule has 1 aromatic carbocycles. The number of Topliss-reactive ketones (excluding diaryl/α,β-unsaturated/α-hetero) is 1. The second-order valence-corrected chi connectivity index (χ2v) is 10.1. The molecular weight excluding hydrogens is 546 g/mol. The molecule has 13 nitrogen and oxygen atoms in total. The van der Waals surface area contributed by atoms with Crippen molar-refractivity contribution in [3.8, 4) is 0 Å². The van der Waals surface area contributed by atoms with Gasteiger partial charge in [0.1, 0.15) is 16.9 Å². The van der Waals surface area contributed by atoms with Gasteiger partial charge in [-0.15, -0.1) is 5.10 Å². The summed E-state index contributed by atoms with van der Waals surface area (Å²) in [6, 6.07) is 8.84. The summed E-state index contributed by atoms with van der Waals surface area (Å²) in [4.78, 5) is 52.0. The van der Waals surface area contributed by atoms with Crippen LogP contribution in [0.25, 0.3) is 0 Å². The van der Waals surface area contributed by atoms with Crippen molar-refractivity contribution in [1.29, 1.82) is 0 Å². The number of carbonyl (C=O) groups is 4. The van der Waals surface area contributed by atoms with Crippen LogP contribution in [0, 0.1) is 0 Å². The molecule has 0 saturated carbocycles. The van der Waals surface area contributed by atoms with Crippen molar-refractivity contribution >= 4 is 23.8 Å². The van der Waals surface area contributed by atoms with Crippen molar-refractivity contribution in [2.45, 2.75) is 57.7 Å². The summed E-state index contributed by atoms with van der Waals surface area (Å²) in [5, 5.41) is 21.4. The number of esters is 2. The van der Waals surface area contributed by atoms with Crippen LogP contribution in [-0.2, 0) is 28.9 Å². The molecule has 2 N–H and O–H groups in total. The summed E-state index contributed by atoms with van der Waals surface area (Å²) < 4.78 is 16.9. The van der Waals surface area contributed by atoms with Crippen LogP contribution in [0.4, 0.5) is 4.79 Å². The van der Waals surface area contributed by atoms with Gasteiger partial charge in [-0.1, -0.05) is 35.5 Å². The Morgan fingerprint density at radius 1 is 1.12 bits per heavy atom. The number of nitrogens with zero attached hydrogens (tertiary/aromatic N) is 4. The second-order valence-electron chi connectivity index (χ2n) is 10.1. The van der Waals surface area contributed by atoms with Crippen LogP contribution in [0.5, 0.6) is 0 Å². The number of benzene rings is 1. The average molecular weight is 582 g/mol. The third-order valence-electron chi connectivity index (χ3n) is 7.20. The van der Waals surface area contributed by atoms with Gasteiger partial charge in [-0.25, -0.2) is 14.4 Å². The van der Waals surface area contributed by atoms with E-state index in [0.717, 1.165) is 38.3 Å². The molecule has 224 valence electrons. The fraction of sp³-hybridized carbons (Fsp3) is 0.448. The van der Waals surface area contributed by atoms with Crippen molar-refractivity contribution in [3.63, 3.8) is 0 Å². The number of aryl methyl sites for hydroxylation is 1. The predicted molar refractivity (Wildman–Crippen MR) is 148 cm³/mol. The highest BCUT2D eigenvalue weighted by molar-refractivity contribution is 6.11. The number of urea groups is 1. The first-order valence-electron chi connectivity index (χ1n) is 13.7. The molecule has 0 radical (unpaired) electrons. The van der Waals surface area contributed by atoms with Gasteiger partial charge in [0.15, 0.2) is 11.5 Å². The van der Waals surface area contributed by atoms with Crippen LogP contribution in [0.15, 0.2) is 40.9 Å². The van der Waals surface area contributed by atoms with Gasteiger partial charge in [-0.05, 0) is 24.8 Å². The van der Waals surface area contributed by atoms with Gasteiger partial charge in [0.2, 0.25) is 0 Å². The van der Waals surface area contributed by atoms with Crippen LogP contribution < -0.4 is 5.32 Å². The maximum atomic E-state index is 13.2. The van der Waals surface area contributed by atoms with E-state index in [-0.39, 0.29) is 54.2 Å². The van der Waals surface area contributed by atoms with E-state index < -0.39 is 23.8 Å². The molecule has 42 heavy (non-hydrogen) atoms. The number of furan rings is 1. The van der Waals surface area contributed by atoms with Crippen molar-refractivity contribution in [3.05, 3.63) is 70.4 Å². The molecule has 2 aromatic heterocycles. The van der Waals surface area contributed by atoms with Gasteiger partial charge in [-0.2, -0.15) is 0 Å². The number of amides is 2. The van der Waals surface area contributed by atoms with Gasteiger partial charge in [0.25, 0.3) is 0 Å². The Kier molecular flexibility index (Phi) is 10.1. The number of nitrogens with one attached hydrogen (secondary N) is 1. The molecule has 13 heteroatoms. The minimum atomic E-state index is -0.915. The zero-order chi connectivity index (χ0) is 30.2. The number of hydrogen-bond donors (Lipinski definition) is 2. The van der Waals surface area contributed by atoms with Crippen LogP contribution in [-0.4, -0.2) is 88.2 Å². The number of rotatable bonds is 12. The highest BCUT2D eigenvalue weighted by Gasteiger charge is 2.34. The van der Waals surface area contributed by atoms with E-state index in [1.807, 2.05) is 36.5 Å². The maximum Gasteiger partial charge on any atom is 0.342 e. The molecule has 1 aliphatic rings. The summed E-state index contributed by atoms with van der Waals surface area (Å²) in [6.45, 7) is 1.85. The molecule has 0 unspecified atom stereocenters. The monoisotopic (exact) mass is 581 g/mol. The number of hydrogen-bond acceptors (Lipinski definition) is 10. The van der Waals surface area contributed by atoms with Crippen LogP contribution in [0.1, 0.15) is 74.5 Å². The van der Waals surface area contributed by atoms with Crippen molar-refractivity contribution in [1.82, 2.24) is 25.2 Å². The lowest BCUT2D eigenvalue weighted by atomic mass is 10.0. The number of likely N-dealkylation sites (tertiary alicyclic amines) is 1. The fourth-order valence-corrected chi connectivity index (χ4v) is 5.11. The minimum Gasteiger partial charge on any atom is -0.465 e. The summed E-state index contributed by atoms with van der Waals surface area (Å²) in [6.07, 6.45) is 4.35. The number of aliphatic hydroxyl groups is 1. The summed E-state index contributed by atoms with van der Waals surface area (Å²) in [5.41, 5.74) is 1.45. The van der Waals surface area contributed by atoms with Crippen molar-refractivity contribution in [2.24, 2.45) is 0 Å². The molecule has 2 amide bonds. The van der Waals surface area contributed by atoms with Crippen molar-refractivity contribution < 1.29 is 38.2 Å². The van der Waals surface area contributed by atoms with E-state index in [0.29, 0.717) is 19.5 Å². The van der Waals surface area contributed by atoms with E-state index in [9.17, 15) is 24.3 Å². The zero-order valence-electron chi connectivity index (χ0n) is 23.9. The number of aliphatic hydroxyl groups excluding tert-OH is 1. The normalized spacial score (nSPS) is 15.3. The summed E-state index contributed by atoms with van der Waals surface area (Å²) in [5.74, 6) is -2.65. The molecule has 2 atom stereocenters. The van der Waals surface area contributed by atoms with Gasteiger partial charge >= 0.3 is 18.0 Å². The summed E-state index contributed by atoms with van der Waals surface area (Å²) in [7, 11) is 2.26. The number of ketones is 1. The number of methoxy groups -OCH3 is 2. The SMILES string of the molecule is COC(=O)c1c(CC[C@@H](CO)NC(=O)N2CCC[C@H]2Cn2cc(Cc3ccccc3)nn2)oc(C(C)=O)c1C(=O)OC. The zero-order valence-corrected chi connectivity index (χ0v) is 23.9. The Morgan fingerprint density at radius 3 is 2.50 bits per heavy atom. The van der Waals surface area contributed by atoms with Crippen LogP contribution >= 0.6 is 0 Å². The fourth-order valence-electron chi connectivity index (χ4n) is 5.11. The van der Waals surface area contributed by atoms with Crippen molar-refractivity contribution in [2.75, 3.05) is 27.4 Å². The van der Waals surface area contributed by atoms with Gasteiger partial charge < -0.3 is 29.2 Å². The smallest absolute Gasteiger partial charge is 0.342 e.